The second-order valence-corrected chi connectivity index (χ2v) is 6.46. The summed E-state index contributed by atoms with van der Waals surface area (Å²) >= 11 is 0. The van der Waals surface area contributed by atoms with Gasteiger partial charge in [0.05, 0.1) is 18.2 Å². The second-order valence-electron chi connectivity index (χ2n) is 6.46. The number of aromatic nitrogens is 1. The summed E-state index contributed by atoms with van der Waals surface area (Å²) in [6, 6.07) is 24.5. The molecule has 0 radical (unpaired) electrons. The Morgan fingerprint density at radius 3 is 2.37 bits per heavy atom. The molecule has 0 spiro atoms. The molecular formula is C24H18N2O4. The van der Waals surface area contributed by atoms with Crippen LogP contribution in [-0.2, 0) is 0 Å². The summed E-state index contributed by atoms with van der Waals surface area (Å²) in [4.78, 5) is 29.2. The Morgan fingerprint density at radius 2 is 1.57 bits per heavy atom. The van der Waals surface area contributed by atoms with Gasteiger partial charge < -0.3 is 14.8 Å². The number of nitrogens with one attached hydrogen (secondary N) is 1. The number of esters is 1. The number of amides is 1. The Balaban J connectivity index is 1.44. The van der Waals surface area contributed by atoms with Crippen LogP contribution >= 0.6 is 0 Å². The standard InChI is InChI=1S/C24H18N2O4/c1-29-22-9-5-3-7-19(22)23(27)25-17-11-13-18(14-12-17)30-24(28)21-15-10-16-6-2-4-8-20(16)26-21/h2-15H,1H3,(H,25,27). The lowest BCUT2D eigenvalue weighted by molar-refractivity contribution is 0.0728. The molecule has 0 aliphatic carbocycles. The Bertz CT molecular complexity index is 1220. The summed E-state index contributed by atoms with van der Waals surface area (Å²) in [6.07, 6.45) is 0. The van der Waals surface area contributed by atoms with Gasteiger partial charge in [0.1, 0.15) is 17.2 Å². The Morgan fingerprint density at radius 1 is 0.833 bits per heavy atom. The molecule has 0 saturated heterocycles. The molecule has 1 heterocycles. The molecule has 0 atom stereocenters. The minimum Gasteiger partial charge on any atom is -0.496 e. The molecule has 148 valence electrons. The SMILES string of the molecule is COc1ccccc1C(=O)Nc1ccc(OC(=O)c2ccc3ccccc3n2)cc1. The average molecular weight is 398 g/mol. The van der Waals surface area contributed by atoms with Crippen molar-refractivity contribution in [3.05, 3.63) is 96.2 Å². The molecule has 6 nitrogen and oxygen atoms in total. The van der Waals surface area contributed by atoms with Crippen LogP contribution in [0.3, 0.4) is 0 Å². The highest BCUT2D eigenvalue weighted by Gasteiger charge is 2.13. The second kappa shape index (κ2) is 8.45. The van der Waals surface area contributed by atoms with E-state index in [2.05, 4.69) is 10.3 Å². The number of carbonyl (C=O) groups excluding carboxylic acids is 2. The van der Waals surface area contributed by atoms with Gasteiger partial charge in [-0.15, -0.1) is 0 Å². The van der Waals surface area contributed by atoms with Crippen molar-refractivity contribution >= 4 is 28.5 Å². The summed E-state index contributed by atoms with van der Waals surface area (Å²) in [6.45, 7) is 0. The molecule has 0 aliphatic heterocycles. The fourth-order valence-electron chi connectivity index (χ4n) is 2.98. The number of methoxy groups -OCH3 is 1. The van der Waals surface area contributed by atoms with E-state index in [0.717, 1.165) is 10.9 Å². The van der Waals surface area contributed by atoms with Crippen LogP contribution in [0.1, 0.15) is 20.8 Å². The molecule has 3 aromatic carbocycles. The molecular weight excluding hydrogens is 380 g/mol. The van der Waals surface area contributed by atoms with E-state index in [1.54, 1.807) is 54.6 Å². The summed E-state index contributed by atoms with van der Waals surface area (Å²) < 4.78 is 10.6. The van der Waals surface area contributed by atoms with Gasteiger partial charge >= 0.3 is 5.97 Å². The van der Waals surface area contributed by atoms with Gasteiger partial charge in [0, 0.05) is 11.1 Å². The van der Waals surface area contributed by atoms with Crippen LogP contribution in [0.25, 0.3) is 10.9 Å². The average Bonchev–Trinajstić information content (AvgIpc) is 2.80. The number of hydrogen-bond acceptors (Lipinski definition) is 5. The zero-order valence-electron chi connectivity index (χ0n) is 16.2. The van der Waals surface area contributed by atoms with Crippen LogP contribution in [0.4, 0.5) is 5.69 Å². The predicted molar refractivity (Wildman–Crippen MR) is 114 cm³/mol. The van der Waals surface area contributed by atoms with Crippen molar-refractivity contribution in [3.63, 3.8) is 0 Å². The number of pyridine rings is 1. The minimum absolute atomic E-state index is 0.224. The first kappa shape index (κ1) is 19.1. The van der Waals surface area contributed by atoms with E-state index in [1.165, 1.54) is 7.11 Å². The maximum Gasteiger partial charge on any atom is 0.362 e. The Hall–Kier alpha value is -4.19. The minimum atomic E-state index is -0.549. The molecule has 1 aromatic heterocycles. The molecule has 4 aromatic rings. The number of rotatable bonds is 5. The molecule has 0 unspecified atom stereocenters. The lowest BCUT2D eigenvalue weighted by atomic mass is 10.2. The number of benzene rings is 3. The molecule has 0 fully saturated rings. The Kier molecular flexibility index (Phi) is 5.39. The number of fused-ring (bicyclic) bond motifs is 1. The van der Waals surface area contributed by atoms with Crippen molar-refractivity contribution in [2.45, 2.75) is 0 Å². The first-order valence-electron chi connectivity index (χ1n) is 9.26. The summed E-state index contributed by atoms with van der Waals surface area (Å²) in [5, 5.41) is 3.74. The lowest BCUT2D eigenvalue weighted by Gasteiger charge is -2.10. The number of ether oxygens (including phenoxy) is 2. The number of anilines is 1. The van der Waals surface area contributed by atoms with Gasteiger partial charge in [-0.2, -0.15) is 0 Å². The van der Waals surface area contributed by atoms with Gasteiger partial charge in [-0.1, -0.05) is 36.4 Å². The van der Waals surface area contributed by atoms with E-state index in [0.29, 0.717) is 22.7 Å². The van der Waals surface area contributed by atoms with E-state index in [1.807, 2.05) is 30.3 Å². The van der Waals surface area contributed by atoms with Gasteiger partial charge in [-0.05, 0) is 48.5 Å². The predicted octanol–water partition coefficient (Wildman–Crippen LogP) is 4.71. The van der Waals surface area contributed by atoms with Crippen LogP contribution in [0.15, 0.2) is 84.9 Å². The molecule has 6 heteroatoms. The smallest absolute Gasteiger partial charge is 0.362 e. The molecule has 0 bridgehead atoms. The van der Waals surface area contributed by atoms with Crippen molar-refractivity contribution < 1.29 is 19.1 Å². The van der Waals surface area contributed by atoms with Crippen molar-refractivity contribution in [3.8, 4) is 11.5 Å². The molecule has 1 amide bonds. The Labute approximate surface area is 173 Å². The van der Waals surface area contributed by atoms with Gasteiger partial charge in [0.15, 0.2) is 0 Å². The molecule has 0 aliphatic rings. The first-order valence-corrected chi connectivity index (χ1v) is 9.26. The van der Waals surface area contributed by atoms with E-state index >= 15 is 0 Å². The van der Waals surface area contributed by atoms with Crippen LogP contribution in [0.5, 0.6) is 11.5 Å². The van der Waals surface area contributed by atoms with Crippen molar-refractivity contribution in [1.29, 1.82) is 0 Å². The van der Waals surface area contributed by atoms with E-state index < -0.39 is 5.97 Å². The summed E-state index contributed by atoms with van der Waals surface area (Å²) in [7, 11) is 1.51. The van der Waals surface area contributed by atoms with Gasteiger partial charge in [-0.25, -0.2) is 9.78 Å². The third-order valence-corrected chi connectivity index (χ3v) is 4.48. The van der Waals surface area contributed by atoms with Crippen LogP contribution < -0.4 is 14.8 Å². The van der Waals surface area contributed by atoms with Gasteiger partial charge in [0.2, 0.25) is 0 Å². The normalized spacial score (nSPS) is 10.4. The molecule has 1 N–H and O–H groups in total. The first-order chi connectivity index (χ1) is 14.6. The zero-order valence-corrected chi connectivity index (χ0v) is 16.2. The third-order valence-electron chi connectivity index (χ3n) is 4.48. The maximum absolute atomic E-state index is 12.5. The van der Waals surface area contributed by atoms with E-state index in [4.69, 9.17) is 9.47 Å². The summed E-state index contributed by atoms with van der Waals surface area (Å²) in [5.74, 6) is -0.00203. The van der Waals surface area contributed by atoms with Crippen molar-refractivity contribution in [2.75, 3.05) is 12.4 Å². The summed E-state index contributed by atoms with van der Waals surface area (Å²) in [5.41, 5.74) is 1.94. The number of para-hydroxylation sites is 2. The van der Waals surface area contributed by atoms with Crippen LogP contribution in [-0.4, -0.2) is 24.0 Å². The monoisotopic (exact) mass is 398 g/mol. The number of carbonyl (C=O) groups is 2. The third kappa shape index (κ3) is 4.12. The van der Waals surface area contributed by atoms with Crippen molar-refractivity contribution in [2.24, 2.45) is 0 Å². The van der Waals surface area contributed by atoms with Gasteiger partial charge in [0.25, 0.3) is 5.91 Å². The lowest BCUT2D eigenvalue weighted by Crippen LogP contribution is -2.13. The van der Waals surface area contributed by atoms with Crippen LogP contribution in [0, 0.1) is 0 Å². The van der Waals surface area contributed by atoms with E-state index in [9.17, 15) is 9.59 Å². The highest BCUT2D eigenvalue weighted by Crippen LogP contribution is 2.21. The maximum atomic E-state index is 12.5. The fourth-order valence-corrected chi connectivity index (χ4v) is 2.98. The van der Waals surface area contributed by atoms with Crippen molar-refractivity contribution in [1.82, 2.24) is 4.98 Å². The van der Waals surface area contributed by atoms with E-state index in [-0.39, 0.29) is 11.6 Å². The zero-order chi connectivity index (χ0) is 20.9. The van der Waals surface area contributed by atoms with Gasteiger partial charge in [-0.3, -0.25) is 4.79 Å². The quantitative estimate of drug-likeness (QED) is 0.389. The largest absolute Gasteiger partial charge is 0.496 e. The molecule has 4 rings (SSSR count). The number of nitrogens with zero attached hydrogens (tertiary/aromatic N) is 1. The highest BCUT2D eigenvalue weighted by atomic mass is 16.5. The fraction of sp³-hybridized carbons (Fsp3) is 0.0417. The topological polar surface area (TPSA) is 77.5 Å². The highest BCUT2D eigenvalue weighted by molar-refractivity contribution is 6.06. The number of hydrogen-bond donors (Lipinski definition) is 1. The molecule has 0 saturated carbocycles. The van der Waals surface area contributed by atoms with Crippen LogP contribution in [0.2, 0.25) is 0 Å². The molecule has 30 heavy (non-hydrogen) atoms.